The van der Waals surface area contributed by atoms with Gasteiger partial charge in [-0.05, 0) is 37.6 Å². The molecule has 3 heteroatoms. The SMILES string of the molecule is CCCC(C)CN1CCC(CC)CC1C(=O)O. The molecule has 1 fully saturated rings. The number of likely N-dealkylation sites (tertiary alicyclic amines) is 1. The Morgan fingerprint density at radius 1 is 1.47 bits per heavy atom. The van der Waals surface area contributed by atoms with Crippen molar-refractivity contribution >= 4 is 5.97 Å². The molecule has 0 spiro atoms. The van der Waals surface area contributed by atoms with Gasteiger partial charge in [0.25, 0.3) is 0 Å². The van der Waals surface area contributed by atoms with Crippen LogP contribution < -0.4 is 0 Å². The van der Waals surface area contributed by atoms with Crippen LogP contribution in [-0.4, -0.2) is 35.1 Å². The lowest BCUT2D eigenvalue weighted by atomic mass is 9.88. The number of hydrogen-bond acceptors (Lipinski definition) is 2. The van der Waals surface area contributed by atoms with E-state index in [0.29, 0.717) is 11.8 Å². The summed E-state index contributed by atoms with van der Waals surface area (Å²) in [6, 6.07) is -0.243. The molecule has 1 N–H and O–H groups in total. The predicted octanol–water partition coefficient (Wildman–Crippen LogP) is 3.00. The molecule has 100 valence electrons. The highest BCUT2D eigenvalue weighted by atomic mass is 16.4. The lowest BCUT2D eigenvalue weighted by molar-refractivity contribution is -0.145. The van der Waals surface area contributed by atoms with E-state index >= 15 is 0 Å². The number of carbonyl (C=O) groups is 1. The van der Waals surface area contributed by atoms with Crippen molar-refractivity contribution in [2.75, 3.05) is 13.1 Å². The summed E-state index contributed by atoms with van der Waals surface area (Å²) in [6.07, 6.45) is 5.50. The summed E-state index contributed by atoms with van der Waals surface area (Å²) >= 11 is 0. The van der Waals surface area contributed by atoms with Crippen molar-refractivity contribution in [1.82, 2.24) is 4.90 Å². The second kappa shape index (κ2) is 7.00. The molecule has 0 aromatic heterocycles. The molecular weight excluding hydrogens is 214 g/mol. The molecule has 1 saturated heterocycles. The van der Waals surface area contributed by atoms with Crippen LogP contribution in [0.5, 0.6) is 0 Å². The van der Waals surface area contributed by atoms with Gasteiger partial charge in [-0.1, -0.05) is 33.6 Å². The van der Waals surface area contributed by atoms with E-state index in [0.717, 1.165) is 25.9 Å². The summed E-state index contributed by atoms with van der Waals surface area (Å²) in [5, 5.41) is 9.32. The van der Waals surface area contributed by atoms with Crippen LogP contribution in [0, 0.1) is 11.8 Å². The van der Waals surface area contributed by atoms with Gasteiger partial charge in [-0.3, -0.25) is 9.69 Å². The minimum absolute atomic E-state index is 0.243. The molecule has 0 saturated carbocycles. The smallest absolute Gasteiger partial charge is 0.320 e. The quantitative estimate of drug-likeness (QED) is 0.777. The van der Waals surface area contributed by atoms with E-state index in [1.807, 2.05) is 0 Å². The highest BCUT2D eigenvalue weighted by Crippen LogP contribution is 2.26. The normalized spacial score (nSPS) is 27.9. The Balaban J connectivity index is 2.54. The van der Waals surface area contributed by atoms with Gasteiger partial charge < -0.3 is 5.11 Å². The highest BCUT2D eigenvalue weighted by Gasteiger charge is 2.32. The Bertz CT molecular complexity index is 242. The third-order valence-corrected chi connectivity index (χ3v) is 4.01. The van der Waals surface area contributed by atoms with E-state index in [4.69, 9.17) is 0 Å². The van der Waals surface area contributed by atoms with Crippen LogP contribution in [0.3, 0.4) is 0 Å². The number of hydrogen-bond donors (Lipinski definition) is 1. The average molecular weight is 241 g/mol. The van der Waals surface area contributed by atoms with Crippen LogP contribution in [0.15, 0.2) is 0 Å². The fourth-order valence-electron chi connectivity index (χ4n) is 2.92. The Labute approximate surface area is 105 Å². The maximum absolute atomic E-state index is 11.3. The van der Waals surface area contributed by atoms with Crippen molar-refractivity contribution in [2.45, 2.75) is 58.9 Å². The fourth-order valence-corrected chi connectivity index (χ4v) is 2.92. The second-order valence-corrected chi connectivity index (χ2v) is 5.54. The molecule has 1 aliphatic heterocycles. The first kappa shape index (κ1) is 14.5. The van der Waals surface area contributed by atoms with E-state index < -0.39 is 5.97 Å². The zero-order chi connectivity index (χ0) is 12.8. The van der Waals surface area contributed by atoms with Crippen LogP contribution in [0.1, 0.15) is 52.9 Å². The van der Waals surface area contributed by atoms with Gasteiger partial charge in [0.1, 0.15) is 6.04 Å². The first-order valence-electron chi connectivity index (χ1n) is 7.05. The number of carboxylic acid groups (broad SMARTS) is 1. The van der Waals surface area contributed by atoms with Gasteiger partial charge in [-0.15, -0.1) is 0 Å². The number of aliphatic carboxylic acids is 1. The van der Waals surface area contributed by atoms with Crippen molar-refractivity contribution < 1.29 is 9.90 Å². The zero-order valence-electron chi connectivity index (χ0n) is 11.5. The first-order chi connectivity index (χ1) is 8.08. The number of nitrogens with zero attached hydrogens (tertiary/aromatic N) is 1. The topological polar surface area (TPSA) is 40.5 Å². The van der Waals surface area contributed by atoms with E-state index in [-0.39, 0.29) is 6.04 Å². The minimum Gasteiger partial charge on any atom is -0.480 e. The summed E-state index contributed by atoms with van der Waals surface area (Å²) in [6.45, 7) is 8.49. The molecule has 0 amide bonds. The molecule has 3 unspecified atom stereocenters. The van der Waals surface area contributed by atoms with Gasteiger partial charge in [0.2, 0.25) is 0 Å². The molecule has 17 heavy (non-hydrogen) atoms. The first-order valence-corrected chi connectivity index (χ1v) is 7.05. The van der Waals surface area contributed by atoms with Crippen LogP contribution in [0.25, 0.3) is 0 Å². The summed E-state index contributed by atoms with van der Waals surface area (Å²) in [4.78, 5) is 13.5. The predicted molar refractivity (Wildman–Crippen MR) is 70.1 cm³/mol. The van der Waals surface area contributed by atoms with Crippen LogP contribution in [0.2, 0.25) is 0 Å². The molecule has 0 aromatic carbocycles. The second-order valence-electron chi connectivity index (χ2n) is 5.54. The number of piperidine rings is 1. The van der Waals surface area contributed by atoms with Gasteiger partial charge in [-0.25, -0.2) is 0 Å². The van der Waals surface area contributed by atoms with Crippen LogP contribution >= 0.6 is 0 Å². The summed E-state index contributed by atoms with van der Waals surface area (Å²) < 4.78 is 0. The lowest BCUT2D eigenvalue weighted by Crippen LogP contribution is -2.48. The minimum atomic E-state index is -0.633. The standard InChI is InChI=1S/C14H27NO2/c1-4-6-11(3)10-15-8-7-12(5-2)9-13(15)14(16)17/h11-13H,4-10H2,1-3H3,(H,16,17). The van der Waals surface area contributed by atoms with Crippen molar-refractivity contribution in [2.24, 2.45) is 11.8 Å². The molecule has 3 atom stereocenters. The van der Waals surface area contributed by atoms with Crippen molar-refractivity contribution in [3.8, 4) is 0 Å². The maximum Gasteiger partial charge on any atom is 0.320 e. The molecule has 3 nitrogen and oxygen atoms in total. The highest BCUT2D eigenvalue weighted by molar-refractivity contribution is 5.73. The molecule has 0 bridgehead atoms. The van der Waals surface area contributed by atoms with Gasteiger partial charge in [0.05, 0.1) is 0 Å². The third kappa shape index (κ3) is 4.30. The zero-order valence-corrected chi connectivity index (χ0v) is 11.5. The van der Waals surface area contributed by atoms with E-state index in [9.17, 15) is 9.90 Å². The average Bonchev–Trinajstić information content (AvgIpc) is 2.29. The number of carboxylic acids is 1. The van der Waals surface area contributed by atoms with E-state index in [1.54, 1.807) is 0 Å². The summed E-state index contributed by atoms with van der Waals surface area (Å²) in [5.74, 6) is 0.584. The van der Waals surface area contributed by atoms with Gasteiger partial charge in [0, 0.05) is 6.54 Å². The Morgan fingerprint density at radius 2 is 2.18 bits per heavy atom. The third-order valence-electron chi connectivity index (χ3n) is 4.01. The lowest BCUT2D eigenvalue weighted by Gasteiger charge is -2.38. The summed E-state index contributed by atoms with van der Waals surface area (Å²) in [7, 11) is 0. The molecule has 0 aliphatic carbocycles. The molecule has 1 rings (SSSR count). The molecule has 1 aliphatic rings. The van der Waals surface area contributed by atoms with Gasteiger partial charge in [-0.2, -0.15) is 0 Å². The largest absolute Gasteiger partial charge is 0.480 e. The molecule has 0 radical (unpaired) electrons. The van der Waals surface area contributed by atoms with Crippen LogP contribution in [-0.2, 0) is 4.79 Å². The van der Waals surface area contributed by atoms with Crippen molar-refractivity contribution in [1.29, 1.82) is 0 Å². The molecule has 1 heterocycles. The van der Waals surface area contributed by atoms with Crippen LogP contribution in [0.4, 0.5) is 0 Å². The Hall–Kier alpha value is -0.570. The Kier molecular flexibility index (Phi) is 5.96. The van der Waals surface area contributed by atoms with Gasteiger partial charge in [0.15, 0.2) is 0 Å². The maximum atomic E-state index is 11.3. The molecule has 0 aromatic rings. The molecular formula is C14H27NO2. The number of rotatable bonds is 6. The van der Waals surface area contributed by atoms with Gasteiger partial charge >= 0.3 is 5.97 Å². The van der Waals surface area contributed by atoms with E-state index in [1.165, 1.54) is 19.3 Å². The van der Waals surface area contributed by atoms with E-state index in [2.05, 4.69) is 25.7 Å². The fraction of sp³-hybridized carbons (Fsp3) is 0.929. The van der Waals surface area contributed by atoms with Crippen molar-refractivity contribution in [3.05, 3.63) is 0 Å². The Morgan fingerprint density at radius 3 is 2.71 bits per heavy atom. The van der Waals surface area contributed by atoms with Crippen molar-refractivity contribution in [3.63, 3.8) is 0 Å². The summed E-state index contributed by atoms with van der Waals surface area (Å²) in [5.41, 5.74) is 0. The monoisotopic (exact) mass is 241 g/mol.